The molecular formula is C17H19BrFNO. The van der Waals surface area contributed by atoms with E-state index in [0.29, 0.717) is 12.6 Å². The summed E-state index contributed by atoms with van der Waals surface area (Å²) in [7, 11) is 0. The third-order valence-corrected chi connectivity index (χ3v) is 3.45. The minimum absolute atomic E-state index is 0.266. The fraction of sp³-hybridized carbons (Fsp3) is 0.294. The summed E-state index contributed by atoms with van der Waals surface area (Å²) in [6, 6.07) is 13.1. The van der Waals surface area contributed by atoms with Crippen LogP contribution in [0.4, 0.5) is 4.39 Å². The topological polar surface area (TPSA) is 21.3 Å². The molecule has 0 bridgehead atoms. The van der Waals surface area contributed by atoms with E-state index in [0.717, 1.165) is 27.9 Å². The first-order chi connectivity index (χ1) is 10.0. The molecule has 0 spiro atoms. The third-order valence-electron chi connectivity index (χ3n) is 2.99. The van der Waals surface area contributed by atoms with Crippen LogP contribution in [-0.4, -0.2) is 6.04 Å². The zero-order valence-corrected chi connectivity index (χ0v) is 13.8. The van der Waals surface area contributed by atoms with Crippen molar-refractivity contribution in [3.63, 3.8) is 0 Å². The van der Waals surface area contributed by atoms with Crippen LogP contribution in [0.3, 0.4) is 0 Å². The van der Waals surface area contributed by atoms with Crippen LogP contribution in [0.1, 0.15) is 25.0 Å². The molecule has 21 heavy (non-hydrogen) atoms. The lowest BCUT2D eigenvalue weighted by Gasteiger charge is -2.14. The van der Waals surface area contributed by atoms with Crippen LogP contribution in [0.15, 0.2) is 46.9 Å². The zero-order valence-electron chi connectivity index (χ0n) is 12.2. The second-order valence-corrected chi connectivity index (χ2v) is 6.13. The molecule has 2 aromatic rings. The summed E-state index contributed by atoms with van der Waals surface area (Å²) in [5.74, 6) is 0.559. The fourth-order valence-corrected chi connectivity index (χ4v) is 2.47. The van der Waals surface area contributed by atoms with Gasteiger partial charge in [-0.1, -0.05) is 48.0 Å². The van der Waals surface area contributed by atoms with E-state index in [1.54, 1.807) is 0 Å². The van der Waals surface area contributed by atoms with Crippen molar-refractivity contribution in [2.45, 2.75) is 33.0 Å². The number of hydrogen-bond donors (Lipinski definition) is 1. The van der Waals surface area contributed by atoms with Crippen molar-refractivity contribution in [3.05, 3.63) is 63.9 Å². The molecule has 0 aliphatic carbocycles. The summed E-state index contributed by atoms with van der Waals surface area (Å²) in [5, 5.41) is 3.37. The van der Waals surface area contributed by atoms with Crippen molar-refractivity contribution in [2.75, 3.05) is 0 Å². The maximum absolute atomic E-state index is 13.3. The molecule has 4 heteroatoms. The highest BCUT2D eigenvalue weighted by Gasteiger charge is 2.05. The van der Waals surface area contributed by atoms with Gasteiger partial charge in [-0.15, -0.1) is 0 Å². The highest BCUT2D eigenvalue weighted by molar-refractivity contribution is 9.10. The van der Waals surface area contributed by atoms with Gasteiger partial charge in [0.15, 0.2) is 0 Å². The second-order valence-electron chi connectivity index (χ2n) is 5.21. The highest BCUT2D eigenvalue weighted by atomic mass is 79.9. The Bertz CT molecular complexity index is 581. The van der Waals surface area contributed by atoms with Crippen LogP contribution in [0.25, 0.3) is 0 Å². The highest BCUT2D eigenvalue weighted by Crippen LogP contribution is 2.21. The summed E-state index contributed by atoms with van der Waals surface area (Å²) in [5.41, 5.74) is 1.90. The summed E-state index contributed by atoms with van der Waals surface area (Å²) in [6.07, 6.45) is 0. The molecule has 2 nitrogen and oxygen atoms in total. The molecule has 0 fully saturated rings. The van der Waals surface area contributed by atoms with Crippen LogP contribution in [-0.2, 0) is 13.2 Å². The quantitative estimate of drug-likeness (QED) is 0.816. The monoisotopic (exact) mass is 351 g/mol. The third kappa shape index (κ3) is 5.14. The molecule has 112 valence electrons. The average molecular weight is 352 g/mol. The van der Waals surface area contributed by atoms with Gasteiger partial charge < -0.3 is 10.1 Å². The molecule has 2 aromatic carbocycles. The minimum atomic E-state index is -0.266. The van der Waals surface area contributed by atoms with E-state index in [2.05, 4.69) is 35.1 Å². The Hall–Kier alpha value is -1.39. The van der Waals surface area contributed by atoms with E-state index < -0.39 is 0 Å². The van der Waals surface area contributed by atoms with Gasteiger partial charge in [0, 0.05) is 22.6 Å². The first kappa shape index (κ1) is 16.0. The smallest absolute Gasteiger partial charge is 0.124 e. The molecule has 0 saturated carbocycles. The number of hydrogen-bond acceptors (Lipinski definition) is 2. The van der Waals surface area contributed by atoms with E-state index in [9.17, 15) is 4.39 Å². The normalized spacial score (nSPS) is 10.9. The molecule has 0 heterocycles. The Kier molecular flexibility index (Phi) is 5.76. The molecule has 0 radical (unpaired) electrons. The standard InChI is InChI=1S/C17H19BrFNO/c1-12(2)20-10-14-5-3-4-6-17(14)21-11-13-7-15(18)9-16(19)8-13/h3-9,12,20H,10-11H2,1-2H3. The van der Waals surface area contributed by atoms with Crippen molar-refractivity contribution >= 4 is 15.9 Å². The summed E-state index contributed by atoms with van der Waals surface area (Å²) < 4.78 is 19.9. The lowest BCUT2D eigenvalue weighted by molar-refractivity contribution is 0.301. The molecule has 0 aliphatic rings. The number of halogens is 2. The van der Waals surface area contributed by atoms with E-state index >= 15 is 0 Å². The SMILES string of the molecule is CC(C)NCc1ccccc1OCc1cc(F)cc(Br)c1. The average Bonchev–Trinajstić information content (AvgIpc) is 2.42. The number of ether oxygens (including phenoxy) is 1. The van der Waals surface area contributed by atoms with Crippen LogP contribution in [0.2, 0.25) is 0 Å². The molecule has 0 amide bonds. The van der Waals surface area contributed by atoms with Gasteiger partial charge in [-0.05, 0) is 29.8 Å². The zero-order chi connectivity index (χ0) is 15.2. The number of benzene rings is 2. The Balaban J connectivity index is 2.05. The molecule has 1 N–H and O–H groups in total. The lowest BCUT2D eigenvalue weighted by atomic mass is 10.2. The van der Waals surface area contributed by atoms with E-state index in [-0.39, 0.29) is 5.82 Å². The fourth-order valence-electron chi connectivity index (χ4n) is 1.96. The maximum Gasteiger partial charge on any atom is 0.124 e. The molecule has 0 atom stereocenters. The maximum atomic E-state index is 13.3. The van der Waals surface area contributed by atoms with Crippen molar-refractivity contribution in [1.29, 1.82) is 0 Å². The number of nitrogens with one attached hydrogen (secondary N) is 1. The summed E-state index contributed by atoms with van der Waals surface area (Å²) >= 11 is 3.29. The first-order valence-corrected chi connectivity index (χ1v) is 7.73. The molecule has 0 aromatic heterocycles. The Morgan fingerprint density at radius 2 is 1.95 bits per heavy atom. The van der Waals surface area contributed by atoms with Gasteiger partial charge in [0.2, 0.25) is 0 Å². The summed E-state index contributed by atoms with van der Waals surface area (Å²) in [6.45, 7) is 5.30. The van der Waals surface area contributed by atoms with Gasteiger partial charge in [0.1, 0.15) is 18.2 Å². The first-order valence-electron chi connectivity index (χ1n) is 6.93. The predicted molar refractivity (Wildman–Crippen MR) is 86.8 cm³/mol. The largest absolute Gasteiger partial charge is 0.489 e. The van der Waals surface area contributed by atoms with Crippen LogP contribution < -0.4 is 10.1 Å². The molecule has 0 aliphatic heterocycles. The van der Waals surface area contributed by atoms with E-state index in [1.807, 2.05) is 30.3 Å². The van der Waals surface area contributed by atoms with Gasteiger partial charge in [-0.2, -0.15) is 0 Å². The van der Waals surface area contributed by atoms with Crippen LogP contribution in [0, 0.1) is 5.82 Å². The van der Waals surface area contributed by atoms with Crippen LogP contribution >= 0.6 is 15.9 Å². The molecular weight excluding hydrogens is 333 g/mol. The summed E-state index contributed by atoms with van der Waals surface area (Å²) in [4.78, 5) is 0. The van der Waals surface area contributed by atoms with Crippen molar-refractivity contribution in [2.24, 2.45) is 0 Å². The lowest BCUT2D eigenvalue weighted by Crippen LogP contribution is -2.22. The predicted octanol–water partition coefficient (Wildman–Crippen LogP) is 4.67. The second kappa shape index (κ2) is 7.57. The Morgan fingerprint density at radius 3 is 2.67 bits per heavy atom. The molecule has 0 saturated heterocycles. The van der Waals surface area contributed by atoms with Gasteiger partial charge in [0.25, 0.3) is 0 Å². The Labute approximate surface area is 133 Å². The minimum Gasteiger partial charge on any atom is -0.489 e. The number of para-hydroxylation sites is 1. The van der Waals surface area contributed by atoms with Crippen LogP contribution in [0.5, 0.6) is 5.75 Å². The molecule has 0 unspecified atom stereocenters. The van der Waals surface area contributed by atoms with Gasteiger partial charge in [0.05, 0.1) is 0 Å². The van der Waals surface area contributed by atoms with E-state index in [1.165, 1.54) is 12.1 Å². The van der Waals surface area contributed by atoms with Crippen molar-refractivity contribution < 1.29 is 9.13 Å². The van der Waals surface area contributed by atoms with Gasteiger partial charge >= 0.3 is 0 Å². The van der Waals surface area contributed by atoms with Gasteiger partial charge in [-0.25, -0.2) is 4.39 Å². The van der Waals surface area contributed by atoms with Gasteiger partial charge in [-0.3, -0.25) is 0 Å². The number of rotatable bonds is 6. The molecule has 2 rings (SSSR count). The Morgan fingerprint density at radius 1 is 1.19 bits per heavy atom. The van der Waals surface area contributed by atoms with E-state index in [4.69, 9.17) is 4.74 Å². The van der Waals surface area contributed by atoms with Crippen molar-refractivity contribution in [3.8, 4) is 5.75 Å². The van der Waals surface area contributed by atoms with Crippen molar-refractivity contribution in [1.82, 2.24) is 5.32 Å².